The van der Waals surface area contributed by atoms with Crippen LogP contribution in [0.1, 0.15) is 27.2 Å². The molecule has 1 N–H and O–H groups in total. The summed E-state index contributed by atoms with van der Waals surface area (Å²) < 4.78 is 2.23. The Labute approximate surface area is 108 Å². The third-order valence-electron chi connectivity index (χ3n) is 4.00. The van der Waals surface area contributed by atoms with Crippen molar-refractivity contribution in [2.45, 2.75) is 27.2 Å². The first-order chi connectivity index (χ1) is 8.62. The fourth-order valence-corrected chi connectivity index (χ4v) is 2.36. The molecule has 92 valence electrons. The largest absolute Gasteiger partial charge is 0.348 e. The van der Waals surface area contributed by atoms with Crippen molar-refractivity contribution in [1.29, 1.82) is 0 Å². The number of rotatable bonds is 2. The van der Waals surface area contributed by atoms with Crippen LogP contribution in [0.25, 0.3) is 17.1 Å². The van der Waals surface area contributed by atoms with E-state index in [-0.39, 0.29) is 5.41 Å². The zero-order valence-corrected chi connectivity index (χ0v) is 11.2. The fourth-order valence-electron chi connectivity index (χ4n) is 2.36. The van der Waals surface area contributed by atoms with Gasteiger partial charge >= 0.3 is 0 Å². The van der Waals surface area contributed by atoms with Gasteiger partial charge in [0.05, 0.1) is 5.70 Å². The van der Waals surface area contributed by atoms with Gasteiger partial charge in [-0.05, 0) is 24.6 Å². The molecule has 0 bridgehead atoms. The van der Waals surface area contributed by atoms with Crippen molar-refractivity contribution in [3.63, 3.8) is 0 Å². The van der Waals surface area contributed by atoms with Gasteiger partial charge in [0.1, 0.15) is 5.69 Å². The van der Waals surface area contributed by atoms with Crippen LogP contribution in [0, 0.1) is 5.41 Å². The van der Waals surface area contributed by atoms with Crippen LogP contribution in [0.5, 0.6) is 0 Å². The molecule has 0 radical (unpaired) electrons. The third-order valence-corrected chi connectivity index (χ3v) is 4.00. The molecule has 1 aromatic heterocycles. The molecule has 0 unspecified atom stereocenters. The average Bonchev–Trinajstić information content (AvgIpc) is 2.39. The van der Waals surface area contributed by atoms with Crippen LogP contribution in [0.3, 0.4) is 0 Å². The second kappa shape index (κ2) is 3.84. The lowest BCUT2D eigenvalue weighted by Crippen LogP contribution is -2.35. The predicted octanol–water partition coefficient (Wildman–Crippen LogP) is 3.79. The number of hydrogen-bond donors (Lipinski definition) is 1. The molecule has 0 saturated heterocycles. The number of anilines is 1. The van der Waals surface area contributed by atoms with Crippen molar-refractivity contribution in [2.75, 3.05) is 5.32 Å². The summed E-state index contributed by atoms with van der Waals surface area (Å²) in [6.45, 7) is 6.79. The number of para-hydroxylation sites is 1. The lowest BCUT2D eigenvalue weighted by Gasteiger charge is -2.27. The third kappa shape index (κ3) is 1.60. The molecule has 1 aliphatic rings. The molecule has 0 aliphatic carbocycles. The first-order valence-corrected chi connectivity index (χ1v) is 6.54. The molecule has 3 rings (SSSR count). The van der Waals surface area contributed by atoms with Gasteiger partial charge in [0.15, 0.2) is 12.4 Å². The molecule has 0 saturated carbocycles. The Morgan fingerprint density at radius 2 is 1.94 bits per heavy atom. The maximum atomic E-state index is 3.59. The monoisotopic (exact) mass is 239 g/mol. The molecule has 2 heteroatoms. The minimum Gasteiger partial charge on any atom is -0.348 e. The lowest BCUT2D eigenvalue weighted by atomic mass is 9.86. The van der Waals surface area contributed by atoms with Crippen LogP contribution < -0.4 is 9.88 Å². The van der Waals surface area contributed by atoms with Crippen LogP contribution in [0.15, 0.2) is 42.2 Å². The molecule has 0 amide bonds. The van der Waals surface area contributed by atoms with Gasteiger partial charge in [-0.3, -0.25) is 0 Å². The smallest absolute Gasteiger partial charge is 0.241 e. The van der Waals surface area contributed by atoms with E-state index < -0.39 is 0 Å². The normalized spacial score (nSPS) is 14.3. The number of nitrogens with one attached hydrogen (secondary N) is 1. The van der Waals surface area contributed by atoms with Crippen LogP contribution in [0.2, 0.25) is 0 Å². The van der Waals surface area contributed by atoms with Gasteiger partial charge in [-0.25, -0.2) is 0 Å². The molecular weight excluding hydrogens is 220 g/mol. The van der Waals surface area contributed by atoms with Crippen LogP contribution in [-0.4, -0.2) is 0 Å². The van der Waals surface area contributed by atoms with Gasteiger partial charge in [0, 0.05) is 16.9 Å². The minimum atomic E-state index is 0.169. The first-order valence-electron chi connectivity index (χ1n) is 6.54. The molecule has 0 spiro atoms. The zero-order valence-electron chi connectivity index (χ0n) is 11.2. The molecule has 2 nitrogen and oxygen atoms in total. The second-order valence-corrected chi connectivity index (χ2v) is 5.56. The molecule has 0 atom stereocenters. The molecule has 1 aromatic carbocycles. The highest BCUT2D eigenvalue weighted by Crippen LogP contribution is 2.34. The Balaban J connectivity index is 2.24. The lowest BCUT2D eigenvalue weighted by molar-refractivity contribution is -0.540. The predicted molar refractivity (Wildman–Crippen MR) is 76.1 cm³/mol. The Hall–Kier alpha value is -1.83. The van der Waals surface area contributed by atoms with Gasteiger partial charge in [-0.15, -0.1) is 0 Å². The molecule has 0 fully saturated rings. The Morgan fingerprint density at radius 1 is 1.17 bits per heavy atom. The topological polar surface area (TPSA) is 15.9 Å². The summed E-state index contributed by atoms with van der Waals surface area (Å²) in [6, 6.07) is 10.7. The van der Waals surface area contributed by atoms with Crippen molar-refractivity contribution in [3.05, 3.63) is 42.2 Å². The van der Waals surface area contributed by atoms with Gasteiger partial charge in [0.25, 0.3) is 0 Å². The summed E-state index contributed by atoms with van der Waals surface area (Å²) in [6.07, 6.45) is 5.46. The summed E-state index contributed by atoms with van der Waals surface area (Å²) in [5.74, 6) is 0. The summed E-state index contributed by atoms with van der Waals surface area (Å²) >= 11 is 0. The van der Waals surface area contributed by atoms with Gasteiger partial charge in [0.2, 0.25) is 5.52 Å². The van der Waals surface area contributed by atoms with Crippen molar-refractivity contribution in [1.82, 2.24) is 0 Å². The van der Waals surface area contributed by atoms with Crippen molar-refractivity contribution in [3.8, 4) is 0 Å². The first kappa shape index (κ1) is 11.3. The van der Waals surface area contributed by atoms with Crippen LogP contribution in [0.4, 0.5) is 5.69 Å². The molecular formula is C16H19N2+. The van der Waals surface area contributed by atoms with E-state index in [0.717, 1.165) is 6.42 Å². The molecule has 18 heavy (non-hydrogen) atoms. The van der Waals surface area contributed by atoms with E-state index in [4.69, 9.17) is 0 Å². The van der Waals surface area contributed by atoms with Gasteiger partial charge in [-0.2, -0.15) is 4.57 Å². The quantitative estimate of drug-likeness (QED) is 0.788. The maximum Gasteiger partial charge on any atom is 0.241 e. The standard InChI is InChI=1S/C16H19N2/c1-4-16(2,3)14-11-18-10-6-8-12-7-5-9-13(17-14)15(12)18/h5-11,17H,4H2,1-3H3/q+1. The fraction of sp³-hybridized carbons (Fsp3) is 0.312. The number of allylic oxidation sites excluding steroid dienone is 1. The second-order valence-electron chi connectivity index (χ2n) is 5.56. The van der Waals surface area contributed by atoms with Gasteiger partial charge in [-0.1, -0.05) is 26.8 Å². The zero-order chi connectivity index (χ0) is 12.8. The Kier molecular flexibility index (Phi) is 2.40. The highest BCUT2D eigenvalue weighted by atomic mass is 15.0. The molecule has 2 heterocycles. The van der Waals surface area contributed by atoms with Crippen molar-refractivity contribution >= 4 is 22.8 Å². The molecule has 1 aliphatic heterocycles. The Bertz CT molecular complexity index is 633. The van der Waals surface area contributed by atoms with E-state index >= 15 is 0 Å². The maximum absolute atomic E-state index is 3.59. The SMILES string of the molecule is CCC(C)(C)C1=C[n+]2cccc3cccc(c32)N1. The van der Waals surface area contributed by atoms with E-state index in [0.29, 0.717) is 0 Å². The van der Waals surface area contributed by atoms with E-state index in [9.17, 15) is 0 Å². The van der Waals surface area contributed by atoms with Crippen LogP contribution >= 0.6 is 0 Å². The number of nitrogens with zero attached hydrogens (tertiary/aromatic N) is 1. The van der Waals surface area contributed by atoms with Crippen molar-refractivity contribution in [2.24, 2.45) is 5.41 Å². The van der Waals surface area contributed by atoms with Crippen LogP contribution in [-0.2, 0) is 0 Å². The minimum absolute atomic E-state index is 0.169. The summed E-state index contributed by atoms with van der Waals surface area (Å²) in [5.41, 5.74) is 3.91. The highest BCUT2D eigenvalue weighted by molar-refractivity contribution is 5.90. The van der Waals surface area contributed by atoms with E-state index in [1.165, 1.54) is 22.3 Å². The number of hydrogen-bond acceptors (Lipinski definition) is 1. The van der Waals surface area contributed by atoms with Gasteiger partial charge < -0.3 is 5.32 Å². The summed E-state index contributed by atoms with van der Waals surface area (Å²) in [4.78, 5) is 0. The summed E-state index contributed by atoms with van der Waals surface area (Å²) in [7, 11) is 0. The highest BCUT2D eigenvalue weighted by Gasteiger charge is 2.28. The number of aromatic nitrogens is 1. The van der Waals surface area contributed by atoms with Crippen molar-refractivity contribution < 1.29 is 4.57 Å². The van der Waals surface area contributed by atoms with E-state index in [1.54, 1.807) is 0 Å². The van der Waals surface area contributed by atoms with E-state index in [1.807, 2.05) is 0 Å². The summed E-state index contributed by atoms with van der Waals surface area (Å²) in [5, 5.41) is 4.86. The number of pyridine rings is 1. The Morgan fingerprint density at radius 3 is 2.72 bits per heavy atom. The molecule has 2 aromatic rings. The van der Waals surface area contributed by atoms with E-state index in [2.05, 4.69) is 73.4 Å². The number of benzene rings is 1. The average molecular weight is 239 g/mol.